The van der Waals surface area contributed by atoms with Crippen LogP contribution in [-0.4, -0.2) is 31.1 Å². The van der Waals surface area contributed by atoms with Crippen molar-refractivity contribution in [2.75, 3.05) is 11.3 Å². The molecule has 3 rings (SSSR count). The monoisotopic (exact) mass is 471 g/mol. The van der Waals surface area contributed by atoms with Crippen molar-refractivity contribution in [3.8, 4) is 0 Å². The van der Waals surface area contributed by atoms with Gasteiger partial charge in [-0.25, -0.2) is 13.2 Å². The van der Waals surface area contributed by atoms with Crippen molar-refractivity contribution >= 4 is 39.5 Å². The van der Waals surface area contributed by atoms with Crippen LogP contribution in [0.15, 0.2) is 51.9 Å². The normalized spacial score (nSPS) is 11.5. The SMILES string of the molecule is CCOC(=O)c1ccc(NS(=O)(=O)c2cc(/C=C/c3onc(C)c3[N+](=O)[O-])ccc2C)cc1. The van der Waals surface area contributed by atoms with Crippen molar-refractivity contribution < 1.29 is 27.4 Å². The third-order valence-electron chi connectivity index (χ3n) is 4.62. The zero-order valence-corrected chi connectivity index (χ0v) is 18.9. The molecule has 0 unspecified atom stereocenters. The van der Waals surface area contributed by atoms with E-state index >= 15 is 0 Å². The number of aromatic nitrogens is 1. The van der Waals surface area contributed by atoms with Crippen LogP contribution in [0.2, 0.25) is 0 Å². The van der Waals surface area contributed by atoms with Crippen LogP contribution in [-0.2, 0) is 14.8 Å². The molecule has 0 saturated carbocycles. The molecule has 3 aromatic rings. The van der Waals surface area contributed by atoms with Crippen LogP contribution in [0.1, 0.15) is 39.9 Å². The van der Waals surface area contributed by atoms with Crippen LogP contribution in [0, 0.1) is 24.0 Å². The third-order valence-corrected chi connectivity index (χ3v) is 6.14. The highest BCUT2D eigenvalue weighted by Crippen LogP contribution is 2.26. The van der Waals surface area contributed by atoms with Crippen LogP contribution in [0.5, 0.6) is 0 Å². The molecule has 2 aromatic carbocycles. The Kier molecular flexibility index (Phi) is 6.92. The van der Waals surface area contributed by atoms with Gasteiger partial charge in [-0.05, 0) is 68.3 Å². The summed E-state index contributed by atoms with van der Waals surface area (Å²) in [6, 6.07) is 10.6. The molecule has 11 heteroatoms. The first-order valence-corrected chi connectivity index (χ1v) is 11.3. The highest BCUT2D eigenvalue weighted by atomic mass is 32.2. The lowest BCUT2D eigenvalue weighted by atomic mass is 10.1. The van der Waals surface area contributed by atoms with Gasteiger partial charge in [-0.2, -0.15) is 0 Å². The molecule has 0 atom stereocenters. The van der Waals surface area contributed by atoms with E-state index in [0.717, 1.165) is 0 Å². The number of sulfonamides is 1. The van der Waals surface area contributed by atoms with Crippen LogP contribution < -0.4 is 4.72 Å². The maximum atomic E-state index is 13.0. The zero-order chi connectivity index (χ0) is 24.2. The fourth-order valence-electron chi connectivity index (χ4n) is 2.99. The summed E-state index contributed by atoms with van der Waals surface area (Å²) < 4.78 is 38.3. The Bertz CT molecular complexity index is 1330. The Morgan fingerprint density at radius 2 is 1.88 bits per heavy atom. The second-order valence-corrected chi connectivity index (χ2v) is 8.65. The molecule has 0 saturated heterocycles. The van der Waals surface area contributed by atoms with E-state index in [1.54, 1.807) is 26.0 Å². The maximum Gasteiger partial charge on any atom is 0.338 e. The van der Waals surface area contributed by atoms with Gasteiger partial charge in [0.1, 0.15) is 0 Å². The molecule has 0 spiro atoms. The van der Waals surface area contributed by atoms with Gasteiger partial charge in [-0.15, -0.1) is 0 Å². The van der Waals surface area contributed by atoms with Gasteiger partial charge in [-0.1, -0.05) is 23.4 Å². The summed E-state index contributed by atoms with van der Waals surface area (Å²) in [4.78, 5) is 22.4. The number of carbonyl (C=O) groups is 1. The number of rotatable bonds is 8. The predicted octanol–water partition coefficient (Wildman–Crippen LogP) is 4.35. The lowest BCUT2D eigenvalue weighted by Crippen LogP contribution is -2.14. The average Bonchev–Trinajstić information content (AvgIpc) is 3.14. The number of carbonyl (C=O) groups excluding carboxylic acids is 1. The lowest BCUT2D eigenvalue weighted by Gasteiger charge is -2.11. The molecule has 1 N–H and O–H groups in total. The van der Waals surface area contributed by atoms with Crippen molar-refractivity contribution in [3.05, 3.63) is 80.7 Å². The minimum absolute atomic E-state index is 0.0300. The standard InChI is InChI=1S/C22H21N3O7S/c1-4-31-22(26)17-8-10-18(11-9-17)24-33(29,30)20-13-16(6-5-14(20)2)7-12-19-21(25(27)28)15(3)23-32-19/h5-13,24H,4H2,1-3H3/b12-7+. The molecule has 0 fully saturated rings. The second-order valence-electron chi connectivity index (χ2n) is 7.00. The highest BCUT2D eigenvalue weighted by molar-refractivity contribution is 7.92. The molecule has 1 heterocycles. The number of nitro groups is 1. The number of benzene rings is 2. The number of anilines is 1. The highest BCUT2D eigenvalue weighted by Gasteiger charge is 2.22. The average molecular weight is 471 g/mol. The smallest absolute Gasteiger partial charge is 0.338 e. The van der Waals surface area contributed by atoms with Crippen molar-refractivity contribution in [2.24, 2.45) is 0 Å². The molecule has 172 valence electrons. The Morgan fingerprint density at radius 3 is 2.52 bits per heavy atom. The maximum absolute atomic E-state index is 13.0. The van der Waals surface area contributed by atoms with Gasteiger partial charge in [-0.3, -0.25) is 14.8 Å². The van der Waals surface area contributed by atoms with Crippen molar-refractivity contribution in [3.63, 3.8) is 0 Å². The fourth-order valence-corrected chi connectivity index (χ4v) is 4.33. The summed E-state index contributed by atoms with van der Waals surface area (Å²) in [6.45, 7) is 5.04. The summed E-state index contributed by atoms with van der Waals surface area (Å²) in [6.07, 6.45) is 2.86. The van der Waals surface area contributed by atoms with E-state index in [2.05, 4.69) is 9.88 Å². The van der Waals surface area contributed by atoms with Crippen LogP contribution in [0.25, 0.3) is 12.2 Å². The molecule has 1 aromatic heterocycles. The summed E-state index contributed by atoms with van der Waals surface area (Å²) in [5.74, 6) is -0.535. The van der Waals surface area contributed by atoms with Crippen molar-refractivity contribution in [2.45, 2.75) is 25.7 Å². The minimum Gasteiger partial charge on any atom is -0.462 e. The van der Waals surface area contributed by atoms with E-state index in [1.807, 2.05) is 0 Å². The molecule has 33 heavy (non-hydrogen) atoms. The van der Waals surface area contributed by atoms with Gasteiger partial charge in [0.25, 0.3) is 10.0 Å². The van der Waals surface area contributed by atoms with Crippen LogP contribution >= 0.6 is 0 Å². The Balaban J connectivity index is 1.85. The summed E-state index contributed by atoms with van der Waals surface area (Å²) in [5, 5.41) is 14.8. The molecule has 0 radical (unpaired) electrons. The Morgan fingerprint density at radius 1 is 1.18 bits per heavy atom. The molecular formula is C22H21N3O7S. The number of ether oxygens (including phenoxy) is 1. The zero-order valence-electron chi connectivity index (χ0n) is 18.1. The quantitative estimate of drug-likeness (QED) is 0.290. The lowest BCUT2D eigenvalue weighted by molar-refractivity contribution is -0.386. The van der Waals surface area contributed by atoms with Crippen LogP contribution in [0.4, 0.5) is 11.4 Å². The van der Waals surface area contributed by atoms with E-state index in [1.165, 1.54) is 49.4 Å². The largest absolute Gasteiger partial charge is 0.462 e. The van der Waals surface area contributed by atoms with Crippen LogP contribution in [0.3, 0.4) is 0 Å². The Hall–Kier alpha value is -3.99. The summed E-state index contributed by atoms with van der Waals surface area (Å²) in [5.41, 5.74) is 1.46. The first kappa shape index (κ1) is 23.7. The number of hydrogen-bond donors (Lipinski definition) is 1. The summed E-state index contributed by atoms with van der Waals surface area (Å²) in [7, 11) is -3.95. The second kappa shape index (κ2) is 9.65. The number of hydrogen-bond acceptors (Lipinski definition) is 8. The topological polar surface area (TPSA) is 142 Å². The van der Waals surface area contributed by atoms with Crippen molar-refractivity contribution in [1.29, 1.82) is 0 Å². The number of nitrogens with one attached hydrogen (secondary N) is 1. The number of nitrogens with zero attached hydrogens (tertiary/aromatic N) is 2. The van der Waals surface area contributed by atoms with E-state index in [9.17, 15) is 23.3 Å². The first-order chi connectivity index (χ1) is 15.6. The molecule has 0 aliphatic rings. The van der Waals surface area contributed by atoms with E-state index < -0.39 is 20.9 Å². The van der Waals surface area contributed by atoms with Gasteiger partial charge >= 0.3 is 11.7 Å². The Labute approximate surface area is 190 Å². The first-order valence-electron chi connectivity index (χ1n) is 9.81. The predicted molar refractivity (Wildman–Crippen MR) is 121 cm³/mol. The van der Waals surface area contributed by atoms with E-state index in [4.69, 9.17) is 9.26 Å². The molecule has 0 amide bonds. The number of aryl methyl sites for hydroxylation is 2. The van der Waals surface area contributed by atoms with Gasteiger partial charge in [0.2, 0.25) is 5.76 Å². The summed E-state index contributed by atoms with van der Waals surface area (Å²) >= 11 is 0. The van der Waals surface area contributed by atoms with E-state index in [0.29, 0.717) is 16.7 Å². The number of esters is 1. The van der Waals surface area contributed by atoms with Crippen molar-refractivity contribution in [1.82, 2.24) is 5.16 Å². The van der Waals surface area contributed by atoms with Gasteiger partial charge in [0, 0.05) is 5.69 Å². The third kappa shape index (κ3) is 5.44. The molecule has 0 aliphatic carbocycles. The van der Waals surface area contributed by atoms with Gasteiger partial charge in [0.15, 0.2) is 5.69 Å². The van der Waals surface area contributed by atoms with Gasteiger partial charge in [0.05, 0.1) is 22.0 Å². The van der Waals surface area contributed by atoms with Gasteiger partial charge < -0.3 is 9.26 Å². The molecule has 10 nitrogen and oxygen atoms in total. The molecular weight excluding hydrogens is 450 g/mol. The van der Waals surface area contributed by atoms with E-state index in [-0.39, 0.29) is 34.3 Å². The fraction of sp³-hybridized carbons (Fsp3) is 0.182. The minimum atomic E-state index is -3.95. The molecule has 0 bridgehead atoms. The molecule has 0 aliphatic heterocycles.